The lowest BCUT2D eigenvalue weighted by atomic mass is 10.1. The molecule has 0 aliphatic heterocycles. The average molecular weight is 300 g/mol. The molecule has 2 aromatic heterocycles. The van der Waals surface area contributed by atoms with E-state index in [9.17, 15) is 0 Å². The van der Waals surface area contributed by atoms with Gasteiger partial charge in [-0.05, 0) is 17.7 Å². The van der Waals surface area contributed by atoms with Crippen molar-refractivity contribution < 1.29 is 0 Å². The molecule has 0 unspecified atom stereocenters. The van der Waals surface area contributed by atoms with Gasteiger partial charge >= 0.3 is 0 Å². The summed E-state index contributed by atoms with van der Waals surface area (Å²) in [6, 6.07) is 18.4. The Labute approximate surface area is 134 Å². The molecule has 1 N–H and O–H groups in total. The largest absolute Gasteiger partial charge is 0.388 e. The van der Waals surface area contributed by atoms with Crippen LogP contribution in [-0.2, 0) is 0 Å². The summed E-state index contributed by atoms with van der Waals surface area (Å²) in [4.78, 5) is 9.10. The fourth-order valence-electron chi connectivity index (χ4n) is 2.64. The third-order valence-corrected chi connectivity index (χ3v) is 3.86. The zero-order chi connectivity index (χ0) is 15.6. The van der Waals surface area contributed by atoms with Gasteiger partial charge in [-0.1, -0.05) is 42.5 Å². The molecular formula is C19H16N4. The summed E-state index contributed by atoms with van der Waals surface area (Å²) in [5.74, 6) is 0.703. The molecule has 0 atom stereocenters. The van der Waals surface area contributed by atoms with Gasteiger partial charge in [-0.25, -0.2) is 9.97 Å². The molecule has 2 aromatic carbocycles. The lowest BCUT2D eigenvalue weighted by Crippen LogP contribution is -1.89. The van der Waals surface area contributed by atoms with Crippen LogP contribution in [0.5, 0.6) is 0 Å². The zero-order valence-corrected chi connectivity index (χ0v) is 12.8. The minimum atomic E-state index is 0.703. The Balaban J connectivity index is 1.79. The monoisotopic (exact) mass is 300 g/mol. The number of fused-ring (bicyclic) bond motifs is 1. The molecule has 4 rings (SSSR count). The van der Waals surface area contributed by atoms with Crippen LogP contribution in [-0.4, -0.2) is 21.4 Å². The van der Waals surface area contributed by atoms with Crippen molar-refractivity contribution in [2.45, 2.75) is 0 Å². The van der Waals surface area contributed by atoms with E-state index in [-0.39, 0.29) is 0 Å². The van der Waals surface area contributed by atoms with E-state index in [1.165, 1.54) is 0 Å². The third kappa shape index (κ3) is 2.55. The number of hydrogen-bond donors (Lipinski definition) is 1. The predicted octanol–water partition coefficient (Wildman–Crippen LogP) is 4.11. The van der Waals surface area contributed by atoms with E-state index < -0.39 is 0 Å². The van der Waals surface area contributed by atoms with E-state index in [4.69, 9.17) is 0 Å². The van der Waals surface area contributed by atoms with Gasteiger partial charge in [-0.2, -0.15) is 0 Å². The van der Waals surface area contributed by atoms with Gasteiger partial charge < -0.3 is 5.32 Å². The fraction of sp³-hybridized carbons (Fsp3) is 0.0526. The van der Waals surface area contributed by atoms with Crippen LogP contribution in [0.3, 0.4) is 0 Å². The van der Waals surface area contributed by atoms with Gasteiger partial charge in [0.2, 0.25) is 5.78 Å². The Morgan fingerprint density at radius 1 is 0.870 bits per heavy atom. The van der Waals surface area contributed by atoms with Crippen molar-refractivity contribution in [1.29, 1.82) is 0 Å². The molecule has 0 amide bonds. The molecule has 4 aromatic rings. The van der Waals surface area contributed by atoms with E-state index in [1.807, 2.05) is 54.2 Å². The minimum absolute atomic E-state index is 0.703. The minimum Gasteiger partial charge on any atom is -0.388 e. The highest BCUT2D eigenvalue weighted by Crippen LogP contribution is 2.23. The molecule has 2 heterocycles. The van der Waals surface area contributed by atoms with E-state index in [1.54, 1.807) is 0 Å². The van der Waals surface area contributed by atoms with E-state index in [0.29, 0.717) is 5.78 Å². The van der Waals surface area contributed by atoms with Crippen LogP contribution in [0, 0.1) is 0 Å². The number of imidazole rings is 1. The predicted molar refractivity (Wildman–Crippen MR) is 93.4 cm³/mol. The van der Waals surface area contributed by atoms with Crippen LogP contribution < -0.4 is 5.32 Å². The van der Waals surface area contributed by atoms with E-state index in [0.717, 1.165) is 28.1 Å². The summed E-state index contributed by atoms with van der Waals surface area (Å²) < 4.78 is 1.98. The van der Waals surface area contributed by atoms with Gasteiger partial charge in [0.1, 0.15) is 0 Å². The molecule has 0 bridgehead atoms. The Hall–Kier alpha value is -3.14. The van der Waals surface area contributed by atoms with E-state index in [2.05, 4.69) is 45.7 Å². The summed E-state index contributed by atoms with van der Waals surface area (Å²) >= 11 is 0. The standard InChI is InChI=1S/C19H16N4/c1-20-17-9-5-8-15(10-17)18-13-23-12-16(11-21-19(23)22-18)14-6-3-2-4-7-14/h2-13,20H,1H3. The molecular weight excluding hydrogens is 284 g/mol. The molecule has 23 heavy (non-hydrogen) atoms. The average Bonchev–Trinajstić information content (AvgIpc) is 3.06. The molecule has 0 aliphatic carbocycles. The van der Waals surface area contributed by atoms with Crippen LogP contribution in [0.4, 0.5) is 5.69 Å². The molecule has 0 saturated carbocycles. The Kier molecular flexibility index (Phi) is 3.27. The van der Waals surface area contributed by atoms with Crippen LogP contribution in [0.15, 0.2) is 73.2 Å². The highest BCUT2D eigenvalue weighted by molar-refractivity contribution is 5.68. The fourth-order valence-corrected chi connectivity index (χ4v) is 2.64. The molecule has 112 valence electrons. The second-order valence-electron chi connectivity index (χ2n) is 5.37. The van der Waals surface area contributed by atoms with Crippen LogP contribution in [0.2, 0.25) is 0 Å². The van der Waals surface area contributed by atoms with Crippen molar-refractivity contribution in [1.82, 2.24) is 14.4 Å². The molecule has 0 saturated heterocycles. The van der Waals surface area contributed by atoms with Gasteiger partial charge in [-0.3, -0.25) is 4.40 Å². The Morgan fingerprint density at radius 3 is 2.52 bits per heavy atom. The number of nitrogens with one attached hydrogen (secondary N) is 1. The van der Waals surface area contributed by atoms with Crippen molar-refractivity contribution in [2.24, 2.45) is 0 Å². The number of anilines is 1. The zero-order valence-electron chi connectivity index (χ0n) is 12.8. The second kappa shape index (κ2) is 5.57. The highest BCUT2D eigenvalue weighted by Gasteiger charge is 2.07. The van der Waals surface area contributed by atoms with Gasteiger partial charge in [0.25, 0.3) is 0 Å². The quantitative estimate of drug-likeness (QED) is 0.619. The van der Waals surface area contributed by atoms with Crippen molar-refractivity contribution >= 4 is 11.5 Å². The lowest BCUT2D eigenvalue weighted by Gasteiger charge is -2.01. The van der Waals surface area contributed by atoms with Crippen LogP contribution >= 0.6 is 0 Å². The summed E-state index contributed by atoms with van der Waals surface area (Å²) in [7, 11) is 1.91. The maximum absolute atomic E-state index is 4.62. The first-order valence-electron chi connectivity index (χ1n) is 7.52. The maximum atomic E-state index is 4.62. The molecule has 0 spiro atoms. The number of rotatable bonds is 3. The summed E-state index contributed by atoms with van der Waals surface area (Å²) in [5.41, 5.74) is 5.28. The second-order valence-corrected chi connectivity index (χ2v) is 5.37. The molecule has 0 fully saturated rings. The van der Waals surface area contributed by atoms with Crippen molar-refractivity contribution in [2.75, 3.05) is 12.4 Å². The lowest BCUT2D eigenvalue weighted by molar-refractivity contribution is 1.11. The molecule has 0 aliphatic rings. The van der Waals surface area contributed by atoms with Crippen molar-refractivity contribution in [3.8, 4) is 22.4 Å². The van der Waals surface area contributed by atoms with Crippen LogP contribution in [0.25, 0.3) is 28.2 Å². The first kappa shape index (κ1) is 13.5. The van der Waals surface area contributed by atoms with Crippen molar-refractivity contribution in [3.63, 3.8) is 0 Å². The SMILES string of the molecule is CNc1cccc(-c2cn3cc(-c4ccccc4)cnc3n2)c1. The molecule has 4 nitrogen and oxygen atoms in total. The Morgan fingerprint density at radius 2 is 1.70 bits per heavy atom. The topological polar surface area (TPSA) is 42.2 Å². The summed E-state index contributed by atoms with van der Waals surface area (Å²) in [6.45, 7) is 0. The number of aromatic nitrogens is 3. The smallest absolute Gasteiger partial charge is 0.234 e. The highest BCUT2D eigenvalue weighted by atomic mass is 15.1. The first-order chi connectivity index (χ1) is 11.3. The molecule has 0 radical (unpaired) electrons. The third-order valence-electron chi connectivity index (χ3n) is 3.86. The van der Waals surface area contributed by atoms with Gasteiger partial charge in [0, 0.05) is 42.5 Å². The van der Waals surface area contributed by atoms with Crippen LogP contribution in [0.1, 0.15) is 0 Å². The van der Waals surface area contributed by atoms with Crippen molar-refractivity contribution in [3.05, 3.63) is 73.2 Å². The summed E-state index contributed by atoms with van der Waals surface area (Å²) in [6.07, 6.45) is 5.95. The summed E-state index contributed by atoms with van der Waals surface area (Å²) in [5, 5.41) is 3.15. The molecule has 4 heteroatoms. The number of nitrogens with zero attached hydrogens (tertiary/aromatic N) is 3. The van der Waals surface area contributed by atoms with E-state index >= 15 is 0 Å². The first-order valence-corrected chi connectivity index (χ1v) is 7.52. The Bertz CT molecular complexity index is 957. The number of hydrogen-bond acceptors (Lipinski definition) is 3. The van der Waals surface area contributed by atoms with Gasteiger partial charge in [0.15, 0.2) is 0 Å². The van der Waals surface area contributed by atoms with Gasteiger partial charge in [0.05, 0.1) is 5.69 Å². The van der Waals surface area contributed by atoms with Gasteiger partial charge in [-0.15, -0.1) is 0 Å². The maximum Gasteiger partial charge on any atom is 0.234 e. The number of benzene rings is 2. The normalized spacial score (nSPS) is 10.8.